The maximum absolute atomic E-state index is 13.6. The van der Waals surface area contributed by atoms with Gasteiger partial charge in [-0.2, -0.15) is 0 Å². The highest BCUT2D eigenvalue weighted by molar-refractivity contribution is 6.30. The molecule has 7 nitrogen and oxygen atoms in total. The lowest BCUT2D eigenvalue weighted by Gasteiger charge is -2.47. The van der Waals surface area contributed by atoms with Gasteiger partial charge in [-0.3, -0.25) is 9.59 Å². The van der Waals surface area contributed by atoms with Gasteiger partial charge in [0.1, 0.15) is 18.2 Å². The van der Waals surface area contributed by atoms with Crippen LogP contribution < -0.4 is 5.73 Å². The summed E-state index contributed by atoms with van der Waals surface area (Å²) < 4.78 is 6.24. The number of benzene rings is 2. The summed E-state index contributed by atoms with van der Waals surface area (Å²) in [6, 6.07) is 12.4. The molecule has 2 aromatic carbocycles. The number of hydrogen-bond acceptors (Lipinski definition) is 5. The summed E-state index contributed by atoms with van der Waals surface area (Å²) >= 11 is 12.2. The minimum Gasteiger partial charge on any atom is -0.394 e. The third-order valence-electron chi connectivity index (χ3n) is 5.76. The molecule has 3 rings (SSSR count). The first-order valence-electron chi connectivity index (χ1n) is 10.8. The quantitative estimate of drug-likeness (QED) is 0.494. The van der Waals surface area contributed by atoms with E-state index in [4.69, 9.17) is 33.7 Å². The number of ether oxygens (including phenoxy) is 1. The van der Waals surface area contributed by atoms with Crippen LogP contribution in [-0.4, -0.2) is 51.8 Å². The molecule has 1 fully saturated rings. The molecule has 0 unspecified atom stereocenters. The molecule has 0 aromatic heterocycles. The number of primary amides is 1. The highest BCUT2D eigenvalue weighted by Crippen LogP contribution is 2.44. The van der Waals surface area contributed by atoms with Gasteiger partial charge in [0.15, 0.2) is 0 Å². The minimum atomic E-state index is -1.16. The summed E-state index contributed by atoms with van der Waals surface area (Å²) in [5, 5.41) is 20.5. The van der Waals surface area contributed by atoms with Crippen molar-refractivity contribution >= 4 is 35.0 Å². The highest BCUT2D eigenvalue weighted by Gasteiger charge is 2.48. The van der Waals surface area contributed by atoms with Gasteiger partial charge in [0, 0.05) is 16.5 Å². The van der Waals surface area contributed by atoms with Gasteiger partial charge in [-0.05, 0) is 41.8 Å². The number of hydrogen-bond donors (Lipinski definition) is 3. The number of amides is 2. The molecule has 0 radical (unpaired) electrons. The van der Waals surface area contributed by atoms with E-state index in [0.29, 0.717) is 22.9 Å². The van der Waals surface area contributed by atoms with E-state index in [2.05, 4.69) is 0 Å². The fourth-order valence-electron chi connectivity index (χ4n) is 4.18. The summed E-state index contributed by atoms with van der Waals surface area (Å²) in [7, 11) is 0. The summed E-state index contributed by atoms with van der Waals surface area (Å²) in [4.78, 5) is 27.6. The van der Waals surface area contributed by atoms with Gasteiger partial charge in [0.2, 0.25) is 5.91 Å². The first-order chi connectivity index (χ1) is 15.8. The van der Waals surface area contributed by atoms with Crippen molar-refractivity contribution in [2.75, 3.05) is 6.61 Å². The summed E-state index contributed by atoms with van der Waals surface area (Å²) in [5.41, 5.74) is 7.21. The molecular formula is C24H28Cl2N2O5. The standard InChI is InChI=1S/C24H28Cl2N2O5/c1-2-3-19(23(27)31)28-21(14-4-8-16(25)9-5-14)22(15-6-10-17(26)11-7-15)33-20(24(28)32)12-18(30)13-29/h4-11,18-22,29-30H,2-3,12-13H2,1H3,(H2,27,31)/t18-,19+,20-,21+,22-/m1/s1. The Morgan fingerprint density at radius 2 is 1.64 bits per heavy atom. The molecule has 5 atom stereocenters. The van der Waals surface area contributed by atoms with Crippen LogP contribution in [0.5, 0.6) is 0 Å². The molecule has 1 saturated heterocycles. The van der Waals surface area contributed by atoms with Gasteiger partial charge in [0.25, 0.3) is 5.91 Å². The van der Waals surface area contributed by atoms with Gasteiger partial charge < -0.3 is 25.6 Å². The Morgan fingerprint density at radius 3 is 2.12 bits per heavy atom. The van der Waals surface area contributed by atoms with E-state index in [1.54, 1.807) is 48.5 Å². The highest BCUT2D eigenvalue weighted by atomic mass is 35.5. The Kier molecular flexibility index (Phi) is 8.73. The third-order valence-corrected chi connectivity index (χ3v) is 6.26. The van der Waals surface area contributed by atoms with Crippen molar-refractivity contribution in [2.45, 2.75) is 56.6 Å². The van der Waals surface area contributed by atoms with E-state index in [-0.39, 0.29) is 6.42 Å². The van der Waals surface area contributed by atoms with Crippen LogP contribution in [0.25, 0.3) is 0 Å². The van der Waals surface area contributed by atoms with Gasteiger partial charge in [0.05, 0.1) is 18.8 Å². The lowest BCUT2D eigenvalue weighted by atomic mass is 9.88. The molecule has 2 aromatic rings. The lowest BCUT2D eigenvalue weighted by Crippen LogP contribution is -2.58. The van der Waals surface area contributed by atoms with E-state index in [9.17, 15) is 19.8 Å². The number of morpholine rings is 1. The number of halogens is 2. The van der Waals surface area contributed by atoms with Crippen molar-refractivity contribution in [3.63, 3.8) is 0 Å². The fourth-order valence-corrected chi connectivity index (χ4v) is 4.44. The second-order valence-corrected chi connectivity index (χ2v) is 8.99. The monoisotopic (exact) mass is 494 g/mol. The molecule has 0 aliphatic carbocycles. The summed E-state index contributed by atoms with van der Waals surface area (Å²) in [6.07, 6.45) is -2.04. The summed E-state index contributed by atoms with van der Waals surface area (Å²) in [5.74, 6) is -1.09. The fraction of sp³-hybridized carbons (Fsp3) is 0.417. The first-order valence-corrected chi connectivity index (χ1v) is 11.6. The van der Waals surface area contributed by atoms with E-state index in [1.807, 2.05) is 6.92 Å². The Bertz CT molecular complexity index is 954. The van der Waals surface area contributed by atoms with E-state index < -0.39 is 48.8 Å². The molecule has 1 aliphatic rings. The Labute approximate surface area is 203 Å². The van der Waals surface area contributed by atoms with Crippen molar-refractivity contribution in [2.24, 2.45) is 5.73 Å². The zero-order chi connectivity index (χ0) is 24.1. The number of rotatable bonds is 9. The largest absolute Gasteiger partial charge is 0.394 e. The second kappa shape index (κ2) is 11.3. The van der Waals surface area contributed by atoms with E-state index in [1.165, 1.54) is 4.90 Å². The molecule has 2 amide bonds. The molecule has 178 valence electrons. The van der Waals surface area contributed by atoms with Crippen LogP contribution in [0, 0.1) is 0 Å². The molecular weight excluding hydrogens is 467 g/mol. The molecule has 33 heavy (non-hydrogen) atoms. The minimum absolute atomic E-state index is 0.124. The second-order valence-electron chi connectivity index (χ2n) is 8.12. The zero-order valence-electron chi connectivity index (χ0n) is 18.2. The van der Waals surface area contributed by atoms with Crippen molar-refractivity contribution in [1.29, 1.82) is 0 Å². The van der Waals surface area contributed by atoms with Crippen LogP contribution in [0.2, 0.25) is 10.0 Å². The van der Waals surface area contributed by atoms with Crippen LogP contribution in [0.4, 0.5) is 0 Å². The van der Waals surface area contributed by atoms with Crippen LogP contribution in [0.3, 0.4) is 0 Å². The first kappa shape index (κ1) is 25.5. The Hall–Kier alpha value is -2.16. The average Bonchev–Trinajstić information content (AvgIpc) is 2.80. The maximum atomic E-state index is 13.6. The molecule has 0 saturated carbocycles. The Morgan fingerprint density at radius 1 is 1.09 bits per heavy atom. The molecule has 1 aliphatic heterocycles. The third kappa shape index (κ3) is 5.86. The van der Waals surface area contributed by atoms with Crippen LogP contribution in [0.15, 0.2) is 48.5 Å². The van der Waals surface area contributed by atoms with Crippen molar-refractivity contribution in [3.8, 4) is 0 Å². The SMILES string of the molecule is CCC[C@@H](C(N)=O)N1C(=O)[C@@H](C[C@@H](O)CO)O[C@H](c2ccc(Cl)cc2)[C@@H]1c1ccc(Cl)cc1. The molecule has 0 bridgehead atoms. The number of aliphatic hydroxyl groups excluding tert-OH is 2. The van der Waals surface area contributed by atoms with Crippen LogP contribution >= 0.6 is 23.2 Å². The van der Waals surface area contributed by atoms with Crippen LogP contribution in [-0.2, 0) is 14.3 Å². The molecule has 0 spiro atoms. The van der Waals surface area contributed by atoms with Gasteiger partial charge in [-0.25, -0.2) is 0 Å². The number of nitrogens with zero attached hydrogens (tertiary/aromatic N) is 1. The number of carbonyl (C=O) groups excluding carboxylic acids is 2. The predicted octanol–water partition coefficient (Wildman–Crippen LogP) is 3.40. The molecule has 9 heteroatoms. The molecule has 1 heterocycles. The predicted molar refractivity (Wildman–Crippen MR) is 126 cm³/mol. The average molecular weight is 495 g/mol. The Balaban J connectivity index is 2.17. The normalized spacial score (nSPS) is 22.8. The van der Waals surface area contributed by atoms with Crippen molar-refractivity contribution in [1.82, 2.24) is 4.90 Å². The smallest absolute Gasteiger partial charge is 0.253 e. The van der Waals surface area contributed by atoms with Crippen LogP contribution in [0.1, 0.15) is 49.5 Å². The lowest BCUT2D eigenvalue weighted by molar-refractivity contribution is -0.185. The maximum Gasteiger partial charge on any atom is 0.253 e. The van der Waals surface area contributed by atoms with Gasteiger partial charge >= 0.3 is 0 Å². The topological polar surface area (TPSA) is 113 Å². The number of carbonyl (C=O) groups is 2. The van der Waals surface area contributed by atoms with E-state index >= 15 is 0 Å². The number of nitrogens with two attached hydrogens (primary N) is 1. The van der Waals surface area contributed by atoms with Crippen molar-refractivity contribution < 1.29 is 24.5 Å². The van der Waals surface area contributed by atoms with E-state index in [0.717, 1.165) is 11.1 Å². The number of aliphatic hydroxyl groups is 2. The van der Waals surface area contributed by atoms with Crippen molar-refractivity contribution in [3.05, 3.63) is 69.7 Å². The summed E-state index contributed by atoms with van der Waals surface area (Å²) in [6.45, 7) is 1.38. The molecule has 4 N–H and O–H groups in total. The zero-order valence-corrected chi connectivity index (χ0v) is 19.7. The van der Waals surface area contributed by atoms with Gasteiger partial charge in [-0.1, -0.05) is 60.8 Å². The van der Waals surface area contributed by atoms with Gasteiger partial charge in [-0.15, -0.1) is 0 Å².